The number of anilines is 2. The molecule has 0 unspecified atom stereocenters. The van der Waals surface area contributed by atoms with Crippen LogP contribution < -0.4 is 21.1 Å². The average Bonchev–Trinajstić information content (AvgIpc) is 3.34. The number of benzene rings is 1. The second-order valence-electron chi connectivity index (χ2n) is 7.17. The van der Waals surface area contributed by atoms with Gasteiger partial charge in [0.1, 0.15) is 11.3 Å². The molecular weight excluding hydrogens is 372 g/mol. The number of fused-ring (bicyclic) bond motifs is 1. The zero-order chi connectivity index (χ0) is 20.5. The van der Waals surface area contributed by atoms with Crippen LogP contribution in [-0.4, -0.2) is 39.2 Å². The van der Waals surface area contributed by atoms with Gasteiger partial charge in [0, 0.05) is 25.7 Å². The van der Waals surface area contributed by atoms with Crippen molar-refractivity contribution in [3.8, 4) is 5.75 Å². The summed E-state index contributed by atoms with van der Waals surface area (Å²) in [4.78, 5) is 33.6. The molecule has 9 heteroatoms. The fourth-order valence-electron chi connectivity index (χ4n) is 3.89. The molecule has 2 heterocycles. The van der Waals surface area contributed by atoms with E-state index in [1.54, 1.807) is 47.6 Å². The molecule has 9 nitrogen and oxygen atoms in total. The van der Waals surface area contributed by atoms with Crippen molar-refractivity contribution in [2.75, 3.05) is 19.5 Å². The van der Waals surface area contributed by atoms with Gasteiger partial charge < -0.3 is 15.4 Å². The molecule has 3 aromatic rings. The maximum Gasteiger partial charge on any atom is 0.330 e. The van der Waals surface area contributed by atoms with E-state index < -0.39 is 0 Å². The van der Waals surface area contributed by atoms with E-state index in [0.29, 0.717) is 34.1 Å². The van der Waals surface area contributed by atoms with Crippen LogP contribution in [0.1, 0.15) is 42.1 Å². The Labute approximate surface area is 167 Å². The van der Waals surface area contributed by atoms with Gasteiger partial charge in [-0.1, -0.05) is 12.8 Å². The predicted octanol–water partition coefficient (Wildman–Crippen LogP) is 2.36. The number of amides is 1. The van der Waals surface area contributed by atoms with E-state index in [0.717, 1.165) is 25.7 Å². The average molecular weight is 396 g/mol. The molecule has 152 valence electrons. The lowest BCUT2D eigenvalue weighted by molar-refractivity contribution is 0.0963. The lowest BCUT2D eigenvalue weighted by Crippen LogP contribution is -2.25. The van der Waals surface area contributed by atoms with Crippen LogP contribution in [0.4, 0.5) is 11.6 Å². The molecule has 0 bridgehead atoms. The van der Waals surface area contributed by atoms with Gasteiger partial charge in [0.2, 0.25) is 5.95 Å². The Morgan fingerprint density at radius 3 is 2.72 bits per heavy atom. The number of aromatic nitrogens is 4. The van der Waals surface area contributed by atoms with Crippen molar-refractivity contribution in [2.45, 2.75) is 31.7 Å². The van der Waals surface area contributed by atoms with E-state index in [4.69, 9.17) is 4.74 Å². The monoisotopic (exact) mass is 396 g/mol. The molecule has 2 N–H and O–H groups in total. The summed E-state index contributed by atoms with van der Waals surface area (Å²) >= 11 is 0. The number of methoxy groups -OCH3 is 1. The molecule has 2 aromatic heterocycles. The summed E-state index contributed by atoms with van der Waals surface area (Å²) in [5.74, 6) is 0.661. The predicted molar refractivity (Wildman–Crippen MR) is 110 cm³/mol. The minimum atomic E-state index is -0.197. The minimum Gasteiger partial charge on any atom is -0.495 e. The zero-order valence-corrected chi connectivity index (χ0v) is 16.7. The Morgan fingerprint density at radius 2 is 2.03 bits per heavy atom. The fraction of sp³-hybridized carbons (Fsp3) is 0.400. The molecule has 1 saturated carbocycles. The summed E-state index contributed by atoms with van der Waals surface area (Å²) in [7, 11) is 4.86. The van der Waals surface area contributed by atoms with Crippen molar-refractivity contribution in [1.29, 1.82) is 0 Å². The maximum absolute atomic E-state index is 12.8. The smallest absolute Gasteiger partial charge is 0.330 e. The number of nitrogens with one attached hydrogen (secondary N) is 2. The van der Waals surface area contributed by atoms with Crippen LogP contribution in [0.5, 0.6) is 5.75 Å². The molecule has 1 fully saturated rings. The van der Waals surface area contributed by atoms with Gasteiger partial charge in [0.25, 0.3) is 5.91 Å². The van der Waals surface area contributed by atoms with E-state index in [1.165, 1.54) is 7.11 Å². The van der Waals surface area contributed by atoms with Gasteiger partial charge in [-0.3, -0.25) is 13.9 Å². The molecular formula is C20H24N6O3. The van der Waals surface area contributed by atoms with Crippen molar-refractivity contribution in [1.82, 2.24) is 24.4 Å². The van der Waals surface area contributed by atoms with Crippen molar-refractivity contribution in [3.63, 3.8) is 0 Å². The number of carbonyl (C=O) groups excluding carboxylic acids is 1. The van der Waals surface area contributed by atoms with Gasteiger partial charge in [-0.15, -0.1) is 0 Å². The quantitative estimate of drug-likeness (QED) is 0.686. The Kier molecular flexibility index (Phi) is 4.96. The molecule has 1 aliphatic carbocycles. The number of ether oxygens (including phenoxy) is 1. The summed E-state index contributed by atoms with van der Waals surface area (Å²) in [6.07, 6.45) is 5.88. The van der Waals surface area contributed by atoms with E-state index in [9.17, 15) is 9.59 Å². The molecule has 0 aliphatic heterocycles. The molecule has 0 spiro atoms. The summed E-state index contributed by atoms with van der Waals surface area (Å²) in [5.41, 5.74) is 2.39. The van der Waals surface area contributed by atoms with Gasteiger partial charge >= 0.3 is 5.69 Å². The Morgan fingerprint density at radius 1 is 1.28 bits per heavy atom. The van der Waals surface area contributed by atoms with Crippen molar-refractivity contribution < 1.29 is 9.53 Å². The lowest BCUT2D eigenvalue weighted by atomic mass is 10.1. The molecule has 29 heavy (non-hydrogen) atoms. The van der Waals surface area contributed by atoms with Gasteiger partial charge in [0.05, 0.1) is 19.0 Å². The first-order valence-corrected chi connectivity index (χ1v) is 9.64. The number of imidazole rings is 1. The highest BCUT2D eigenvalue weighted by atomic mass is 16.5. The summed E-state index contributed by atoms with van der Waals surface area (Å²) in [6, 6.07) is 5.26. The van der Waals surface area contributed by atoms with Crippen molar-refractivity contribution in [2.24, 2.45) is 7.05 Å². The topological polar surface area (TPSA) is 103 Å². The summed E-state index contributed by atoms with van der Waals surface area (Å²) in [6.45, 7) is 0. The van der Waals surface area contributed by atoms with Crippen LogP contribution in [0.25, 0.3) is 11.2 Å². The summed E-state index contributed by atoms with van der Waals surface area (Å²) < 4.78 is 8.80. The number of carbonyl (C=O) groups is 1. The number of nitrogens with zero attached hydrogens (tertiary/aromatic N) is 4. The Bertz CT molecular complexity index is 1130. The lowest BCUT2D eigenvalue weighted by Gasteiger charge is -2.13. The maximum atomic E-state index is 12.8. The van der Waals surface area contributed by atoms with Crippen molar-refractivity contribution >= 4 is 28.7 Å². The first-order chi connectivity index (χ1) is 14.0. The third-order valence-corrected chi connectivity index (χ3v) is 5.46. The highest BCUT2D eigenvalue weighted by Crippen LogP contribution is 2.31. The van der Waals surface area contributed by atoms with Gasteiger partial charge in [-0.2, -0.15) is 4.98 Å². The molecule has 1 aliphatic rings. The van der Waals surface area contributed by atoms with Crippen LogP contribution >= 0.6 is 0 Å². The van der Waals surface area contributed by atoms with Crippen LogP contribution in [0.2, 0.25) is 0 Å². The fourth-order valence-corrected chi connectivity index (χ4v) is 3.89. The van der Waals surface area contributed by atoms with Crippen molar-refractivity contribution in [3.05, 3.63) is 40.4 Å². The minimum absolute atomic E-state index is 0.0640. The number of hydrogen-bond donors (Lipinski definition) is 2. The summed E-state index contributed by atoms with van der Waals surface area (Å²) in [5, 5.41) is 5.73. The first kappa shape index (κ1) is 19.0. The number of hydrogen-bond acceptors (Lipinski definition) is 6. The zero-order valence-electron chi connectivity index (χ0n) is 16.7. The molecule has 0 atom stereocenters. The number of rotatable bonds is 5. The van der Waals surface area contributed by atoms with Gasteiger partial charge in [-0.05, 0) is 31.0 Å². The molecule has 1 amide bonds. The molecule has 0 radical (unpaired) electrons. The third-order valence-electron chi connectivity index (χ3n) is 5.46. The Hall–Kier alpha value is -3.36. The van der Waals surface area contributed by atoms with E-state index in [1.807, 2.05) is 0 Å². The highest BCUT2D eigenvalue weighted by molar-refractivity contribution is 5.95. The molecule has 1 aromatic carbocycles. The first-order valence-electron chi connectivity index (χ1n) is 9.64. The second kappa shape index (κ2) is 7.57. The standard InChI is InChI=1S/C20H24N6O3/c1-21-18(27)12-8-9-14(16(10-12)29-3)23-19-22-11-15-17(24-19)26(20(28)25(15)2)13-6-4-5-7-13/h8-11,13H,4-7H2,1-3H3,(H,21,27)(H,22,23,24). The van der Waals surface area contributed by atoms with E-state index in [-0.39, 0.29) is 17.6 Å². The Balaban J connectivity index is 1.73. The van der Waals surface area contributed by atoms with Crippen LogP contribution in [0, 0.1) is 0 Å². The third kappa shape index (κ3) is 3.32. The van der Waals surface area contributed by atoms with Crippen LogP contribution in [-0.2, 0) is 7.05 Å². The molecule has 4 rings (SSSR count). The SMILES string of the molecule is CNC(=O)c1ccc(Nc2ncc3c(n2)n(C2CCCC2)c(=O)n3C)c(OC)c1. The molecule has 0 saturated heterocycles. The van der Waals surface area contributed by atoms with Crippen LogP contribution in [0.3, 0.4) is 0 Å². The highest BCUT2D eigenvalue weighted by Gasteiger charge is 2.24. The normalized spacial score (nSPS) is 14.3. The second-order valence-corrected chi connectivity index (χ2v) is 7.17. The van der Waals surface area contributed by atoms with E-state index >= 15 is 0 Å². The largest absolute Gasteiger partial charge is 0.495 e. The van der Waals surface area contributed by atoms with Gasteiger partial charge in [0.15, 0.2) is 5.65 Å². The van der Waals surface area contributed by atoms with E-state index in [2.05, 4.69) is 20.6 Å². The number of aryl methyl sites for hydroxylation is 1. The van der Waals surface area contributed by atoms with Gasteiger partial charge in [-0.25, -0.2) is 9.78 Å². The van der Waals surface area contributed by atoms with Crippen LogP contribution in [0.15, 0.2) is 29.2 Å².